The summed E-state index contributed by atoms with van der Waals surface area (Å²) in [5.74, 6) is -0.562. The highest BCUT2D eigenvalue weighted by molar-refractivity contribution is 5.48. The van der Waals surface area contributed by atoms with Crippen LogP contribution in [-0.2, 0) is 0 Å². The van der Waals surface area contributed by atoms with Gasteiger partial charge >= 0.3 is 6.36 Å². The van der Waals surface area contributed by atoms with Crippen molar-refractivity contribution >= 4 is 0 Å². The lowest BCUT2D eigenvalue weighted by Gasteiger charge is -2.11. The number of nitriles is 1. The summed E-state index contributed by atoms with van der Waals surface area (Å²) in [6.07, 6.45) is -3.91. The normalized spacial score (nSPS) is 10.9. The molecule has 1 aromatic heterocycles. The fourth-order valence-electron chi connectivity index (χ4n) is 1.02. The number of hydrogen-bond donors (Lipinski definition) is 0. The lowest BCUT2D eigenvalue weighted by atomic mass is 10.1. The zero-order chi connectivity index (χ0) is 11.6. The monoisotopic (exact) mass is 216 g/mol. The minimum atomic E-state index is -4.81. The molecule has 1 heterocycles. The van der Waals surface area contributed by atoms with Crippen LogP contribution >= 0.6 is 0 Å². The SMILES string of the molecule is Cc1ncc(OC(F)(F)F)c(C#N)c1C. The molecule has 0 atom stereocenters. The Bertz CT molecular complexity index is 421. The van der Waals surface area contributed by atoms with Crippen molar-refractivity contribution in [3.8, 4) is 11.8 Å². The Morgan fingerprint density at radius 2 is 2.00 bits per heavy atom. The van der Waals surface area contributed by atoms with Crippen molar-refractivity contribution in [1.29, 1.82) is 5.26 Å². The van der Waals surface area contributed by atoms with E-state index in [0.717, 1.165) is 6.20 Å². The number of hydrogen-bond acceptors (Lipinski definition) is 3. The Balaban J connectivity index is 3.21. The van der Waals surface area contributed by atoms with E-state index in [-0.39, 0.29) is 5.56 Å². The van der Waals surface area contributed by atoms with E-state index in [2.05, 4.69) is 9.72 Å². The van der Waals surface area contributed by atoms with Crippen LogP contribution in [0.4, 0.5) is 13.2 Å². The molecule has 0 unspecified atom stereocenters. The van der Waals surface area contributed by atoms with Gasteiger partial charge in [0.1, 0.15) is 11.6 Å². The lowest BCUT2D eigenvalue weighted by molar-refractivity contribution is -0.274. The van der Waals surface area contributed by atoms with Crippen LogP contribution in [0.1, 0.15) is 16.8 Å². The molecule has 3 nitrogen and oxygen atoms in total. The van der Waals surface area contributed by atoms with Crippen LogP contribution in [0.3, 0.4) is 0 Å². The predicted molar refractivity (Wildman–Crippen MR) is 45.1 cm³/mol. The highest BCUT2D eigenvalue weighted by atomic mass is 19.4. The molecule has 0 aliphatic heterocycles. The van der Waals surface area contributed by atoms with E-state index in [1.165, 1.54) is 6.92 Å². The largest absolute Gasteiger partial charge is 0.573 e. The van der Waals surface area contributed by atoms with Gasteiger partial charge in [-0.15, -0.1) is 13.2 Å². The fraction of sp³-hybridized carbons (Fsp3) is 0.333. The Morgan fingerprint density at radius 1 is 1.40 bits per heavy atom. The third-order valence-corrected chi connectivity index (χ3v) is 1.88. The Kier molecular flexibility index (Phi) is 2.84. The number of rotatable bonds is 1. The maximum Gasteiger partial charge on any atom is 0.573 e. The molecular weight excluding hydrogens is 209 g/mol. The van der Waals surface area contributed by atoms with Crippen LogP contribution in [0.25, 0.3) is 0 Å². The minimum Gasteiger partial charge on any atom is -0.403 e. The maximum absolute atomic E-state index is 11.9. The van der Waals surface area contributed by atoms with Crippen molar-refractivity contribution in [3.63, 3.8) is 0 Å². The highest BCUT2D eigenvalue weighted by Crippen LogP contribution is 2.27. The molecule has 0 bridgehead atoms. The zero-order valence-electron chi connectivity index (χ0n) is 8.01. The molecule has 0 aromatic carbocycles. The molecule has 0 amide bonds. The van der Waals surface area contributed by atoms with E-state index < -0.39 is 12.1 Å². The lowest BCUT2D eigenvalue weighted by Crippen LogP contribution is -2.18. The number of halogens is 3. The standard InChI is InChI=1S/C9H7F3N2O/c1-5-6(2)14-4-8(7(5)3-13)15-9(10,11)12/h4H,1-2H3. The molecule has 0 aliphatic carbocycles. The number of aromatic nitrogens is 1. The second-order valence-corrected chi connectivity index (χ2v) is 2.87. The summed E-state index contributed by atoms with van der Waals surface area (Å²) in [6, 6.07) is 1.66. The molecule has 0 spiro atoms. The van der Waals surface area contributed by atoms with Crippen LogP contribution in [0, 0.1) is 25.2 Å². The minimum absolute atomic E-state index is 0.139. The van der Waals surface area contributed by atoms with Crippen LogP contribution < -0.4 is 4.74 Å². The van der Waals surface area contributed by atoms with Crippen LogP contribution in [0.5, 0.6) is 5.75 Å². The second-order valence-electron chi connectivity index (χ2n) is 2.87. The summed E-state index contributed by atoms with van der Waals surface area (Å²) >= 11 is 0. The molecule has 15 heavy (non-hydrogen) atoms. The maximum atomic E-state index is 11.9. The van der Waals surface area contributed by atoms with Crippen molar-refractivity contribution in [3.05, 3.63) is 23.0 Å². The van der Waals surface area contributed by atoms with Gasteiger partial charge in [-0.2, -0.15) is 5.26 Å². The summed E-state index contributed by atoms with van der Waals surface area (Å²) in [4.78, 5) is 3.70. The third-order valence-electron chi connectivity index (χ3n) is 1.88. The molecular formula is C9H7F3N2O. The van der Waals surface area contributed by atoms with E-state index >= 15 is 0 Å². The average Bonchev–Trinajstić information content (AvgIpc) is 2.10. The van der Waals surface area contributed by atoms with E-state index in [1.807, 2.05) is 0 Å². The molecule has 0 fully saturated rings. The molecule has 0 radical (unpaired) electrons. The van der Waals surface area contributed by atoms with Crippen molar-refractivity contribution in [1.82, 2.24) is 4.98 Å². The Hall–Kier alpha value is -1.77. The average molecular weight is 216 g/mol. The molecule has 0 aliphatic rings. The predicted octanol–water partition coefficient (Wildman–Crippen LogP) is 2.47. The smallest absolute Gasteiger partial charge is 0.403 e. The van der Waals surface area contributed by atoms with Gasteiger partial charge in [-0.05, 0) is 19.4 Å². The summed E-state index contributed by atoms with van der Waals surface area (Å²) in [7, 11) is 0. The van der Waals surface area contributed by atoms with Crippen molar-refractivity contribution in [2.24, 2.45) is 0 Å². The van der Waals surface area contributed by atoms with Gasteiger partial charge in [0.15, 0.2) is 5.75 Å². The molecule has 1 aromatic rings. The first-order valence-corrected chi connectivity index (χ1v) is 3.97. The van der Waals surface area contributed by atoms with E-state index in [0.29, 0.717) is 11.3 Å². The molecule has 1 rings (SSSR count). The zero-order valence-corrected chi connectivity index (χ0v) is 8.01. The number of aryl methyl sites for hydroxylation is 1. The molecule has 0 saturated carbocycles. The Morgan fingerprint density at radius 3 is 2.47 bits per heavy atom. The van der Waals surface area contributed by atoms with E-state index in [9.17, 15) is 13.2 Å². The molecule has 80 valence electrons. The third kappa shape index (κ3) is 2.59. The van der Waals surface area contributed by atoms with Gasteiger partial charge < -0.3 is 4.74 Å². The molecule has 6 heteroatoms. The van der Waals surface area contributed by atoms with Crippen molar-refractivity contribution < 1.29 is 17.9 Å². The van der Waals surface area contributed by atoms with Crippen LogP contribution in [0.15, 0.2) is 6.20 Å². The first kappa shape index (κ1) is 11.3. The van der Waals surface area contributed by atoms with Gasteiger partial charge in [-0.1, -0.05) is 0 Å². The van der Waals surface area contributed by atoms with Gasteiger partial charge in [0.05, 0.1) is 6.20 Å². The van der Waals surface area contributed by atoms with Gasteiger partial charge in [0.2, 0.25) is 0 Å². The van der Waals surface area contributed by atoms with Gasteiger partial charge in [0, 0.05) is 5.69 Å². The summed E-state index contributed by atoms with van der Waals surface area (Å²) in [5.41, 5.74) is 0.750. The second kappa shape index (κ2) is 3.77. The molecule has 0 saturated heterocycles. The van der Waals surface area contributed by atoms with E-state index in [1.54, 1.807) is 13.0 Å². The van der Waals surface area contributed by atoms with Crippen LogP contribution in [-0.4, -0.2) is 11.3 Å². The Labute approximate surface area is 84.1 Å². The van der Waals surface area contributed by atoms with Gasteiger partial charge in [0.25, 0.3) is 0 Å². The number of nitrogens with zero attached hydrogens (tertiary/aromatic N) is 2. The molecule has 0 N–H and O–H groups in total. The van der Waals surface area contributed by atoms with Gasteiger partial charge in [-0.25, -0.2) is 0 Å². The number of alkyl halides is 3. The van der Waals surface area contributed by atoms with Gasteiger partial charge in [-0.3, -0.25) is 4.98 Å². The number of pyridine rings is 1. The summed E-state index contributed by atoms with van der Waals surface area (Å²) in [6.45, 7) is 3.12. The quantitative estimate of drug-likeness (QED) is 0.724. The number of ether oxygens (including phenoxy) is 1. The van der Waals surface area contributed by atoms with Crippen molar-refractivity contribution in [2.75, 3.05) is 0 Å². The summed E-state index contributed by atoms with van der Waals surface area (Å²) < 4.78 is 39.5. The first-order valence-electron chi connectivity index (χ1n) is 3.97. The fourth-order valence-corrected chi connectivity index (χ4v) is 1.02. The van der Waals surface area contributed by atoms with Crippen LogP contribution in [0.2, 0.25) is 0 Å². The highest BCUT2D eigenvalue weighted by Gasteiger charge is 2.32. The summed E-state index contributed by atoms with van der Waals surface area (Å²) in [5, 5.41) is 8.70. The first-order chi connectivity index (χ1) is 6.85. The van der Waals surface area contributed by atoms with E-state index in [4.69, 9.17) is 5.26 Å². The topological polar surface area (TPSA) is 45.9 Å². The van der Waals surface area contributed by atoms with Crippen molar-refractivity contribution in [2.45, 2.75) is 20.2 Å².